The summed E-state index contributed by atoms with van der Waals surface area (Å²) in [5, 5.41) is 9.50. The molecular formula is C22H24N4O2. The normalized spacial score (nSPS) is 10.7. The van der Waals surface area contributed by atoms with E-state index < -0.39 is 0 Å². The van der Waals surface area contributed by atoms with Crippen LogP contribution in [0.25, 0.3) is 10.9 Å². The molecular weight excluding hydrogens is 352 g/mol. The molecule has 3 amide bonds. The number of carbonyl (C=O) groups excluding carboxylic acids is 2. The van der Waals surface area contributed by atoms with Crippen molar-refractivity contribution < 1.29 is 9.59 Å². The summed E-state index contributed by atoms with van der Waals surface area (Å²) in [4.78, 5) is 28.4. The average molecular weight is 376 g/mol. The molecule has 0 fully saturated rings. The van der Waals surface area contributed by atoms with Crippen molar-refractivity contribution in [3.8, 4) is 0 Å². The Bertz CT molecular complexity index is 962. The van der Waals surface area contributed by atoms with Crippen molar-refractivity contribution in [2.75, 3.05) is 5.32 Å². The molecule has 3 N–H and O–H groups in total. The highest BCUT2D eigenvalue weighted by Gasteiger charge is 2.08. The predicted octanol–water partition coefficient (Wildman–Crippen LogP) is 3.62. The van der Waals surface area contributed by atoms with Crippen LogP contribution in [0.15, 0.2) is 60.8 Å². The second-order valence-corrected chi connectivity index (χ2v) is 6.90. The first-order chi connectivity index (χ1) is 13.5. The minimum atomic E-state index is -0.236. The summed E-state index contributed by atoms with van der Waals surface area (Å²) >= 11 is 0. The van der Waals surface area contributed by atoms with Crippen molar-refractivity contribution in [3.05, 3.63) is 71.9 Å². The van der Waals surface area contributed by atoms with Gasteiger partial charge in [0.1, 0.15) is 0 Å². The van der Waals surface area contributed by atoms with Gasteiger partial charge in [0.25, 0.3) is 0 Å². The third kappa shape index (κ3) is 5.30. The molecule has 0 saturated heterocycles. The van der Waals surface area contributed by atoms with Crippen LogP contribution in [-0.2, 0) is 17.8 Å². The van der Waals surface area contributed by atoms with Crippen LogP contribution in [0.1, 0.15) is 25.0 Å². The van der Waals surface area contributed by atoms with Crippen molar-refractivity contribution in [1.82, 2.24) is 15.6 Å². The van der Waals surface area contributed by atoms with Gasteiger partial charge in [-0.25, -0.2) is 4.79 Å². The second kappa shape index (κ2) is 8.99. The molecule has 0 bridgehead atoms. The van der Waals surface area contributed by atoms with Crippen LogP contribution in [0.4, 0.5) is 10.5 Å². The lowest BCUT2D eigenvalue weighted by Crippen LogP contribution is -2.34. The number of rotatable bonds is 6. The maximum Gasteiger partial charge on any atom is 0.319 e. The Morgan fingerprint density at radius 2 is 1.75 bits per heavy atom. The SMILES string of the molecule is CC(C)NC(=O)Nc1ccc(CNC(=O)Cc2cccc3cccnc23)cc1. The summed E-state index contributed by atoms with van der Waals surface area (Å²) < 4.78 is 0. The van der Waals surface area contributed by atoms with Gasteiger partial charge in [-0.2, -0.15) is 0 Å². The van der Waals surface area contributed by atoms with Crippen molar-refractivity contribution in [1.29, 1.82) is 0 Å². The smallest absolute Gasteiger partial charge is 0.319 e. The number of amides is 3. The maximum absolute atomic E-state index is 12.3. The zero-order valence-corrected chi connectivity index (χ0v) is 16.0. The summed E-state index contributed by atoms with van der Waals surface area (Å²) in [5.74, 6) is -0.0586. The van der Waals surface area contributed by atoms with Gasteiger partial charge in [0.15, 0.2) is 0 Å². The maximum atomic E-state index is 12.3. The molecule has 6 nitrogen and oxygen atoms in total. The Morgan fingerprint density at radius 3 is 2.50 bits per heavy atom. The summed E-state index contributed by atoms with van der Waals surface area (Å²) in [5.41, 5.74) is 3.43. The van der Waals surface area contributed by atoms with Gasteiger partial charge in [0.05, 0.1) is 11.9 Å². The lowest BCUT2D eigenvalue weighted by Gasteiger charge is -2.11. The molecule has 0 saturated carbocycles. The van der Waals surface area contributed by atoms with E-state index in [1.165, 1.54) is 0 Å². The molecule has 0 aliphatic carbocycles. The number of hydrogen-bond acceptors (Lipinski definition) is 3. The number of aromatic nitrogens is 1. The molecule has 0 radical (unpaired) electrons. The van der Waals surface area contributed by atoms with Gasteiger partial charge >= 0.3 is 6.03 Å². The number of anilines is 1. The zero-order chi connectivity index (χ0) is 19.9. The molecule has 3 rings (SSSR count). The fourth-order valence-electron chi connectivity index (χ4n) is 2.88. The molecule has 0 aliphatic rings. The highest BCUT2D eigenvalue weighted by atomic mass is 16.2. The standard InChI is InChI=1S/C22H24N4O2/c1-15(2)25-22(28)26-19-10-8-16(9-11-19)14-24-20(27)13-18-6-3-5-17-7-4-12-23-21(17)18/h3-12,15H,13-14H2,1-2H3,(H,24,27)(H2,25,26,28). The summed E-state index contributed by atoms with van der Waals surface area (Å²) in [6.45, 7) is 4.23. The Hall–Kier alpha value is -3.41. The van der Waals surface area contributed by atoms with Crippen molar-refractivity contribution in [3.63, 3.8) is 0 Å². The van der Waals surface area contributed by atoms with Crippen LogP contribution >= 0.6 is 0 Å². The summed E-state index contributed by atoms with van der Waals surface area (Å²) in [7, 11) is 0. The Kier molecular flexibility index (Phi) is 6.22. The second-order valence-electron chi connectivity index (χ2n) is 6.90. The summed E-state index contributed by atoms with van der Waals surface area (Å²) in [6, 6.07) is 17.0. The van der Waals surface area contributed by atoms with Gasteiger partial charge in [0.2, 0.25) is 5.91 Å². The molecule has 28 heavy (non-hydrogen) atoms. The van der Waals surface area contributed by atoms with E-state index in [1.807, 2.05) is 68.4 Å². The number of carbonyl (C=O) groups is 2. The van der Waals surface area contributed by atoms with Gasteiger partial charge in [-0.05, 0) is 43.2 Å². The number of hydrogen-bond donors (Lipinski definition) is 3. The molecule has 2 aromatic carbocycles. The first-order valence-electron chi connectivity index (χ1n) is 9.27. The van der Waals surface area contributed by atoms with Crippen molar-refractivity contribution in [2.45, 2.75) is 32.9 Å². The molecule has 1 heterocycles. The fourth-order valence-corrected chi connectivity index (χ4v) is 2.88. The van der Waals surface area contributed by atoms with E-state index >= 15 is 0 Å². The lowest BCUT2D eigenvalue weighted by molar-refractivity contribution is -0.120. The topological polar surface area (TPSA) is 83.1 Å². The third-order valence-electron chi connectivity index (χ3n) is 4.19. The number of nitrogens with zero attached hydrogens (tertiary/aromatic N) is 1. The van der Waals surface area contributed by atoms with Gasteiger partial charge in [-0.3, -0.25) is 9.78 Å². The van der Waals surface area contributed by atoms with Gasteiger partial charge < -0.3 is 16.0 Å². The number of nitrogens with one attached hydrogen (secondary N) is 3. The Morgan fingerprint density at radius 1 is 1.00 bits per heavy atom. The van der Waals surface area contributed by atoms with Crippen LogP contribution < -0.4 is 16.0 Å². The molecule has 144 valence electrons. The molecule has 0 unspecified atom stereocenters. The Labute approximate surface area is 164 Å². The number of para-hydroxylation sites is 1. The quantitative estimate of drug-likeness (QED) is 0.614. The van der Waals surface area contributed by atoms with Crippen LogP contribution in [0.2, 0.25) is 0 Å². The summed E-state index contributed by atoms with van der Waals surface area (Å²) in [6.07, 6.45) is 2.02. The van der Waals surface area contributed by atoms with E-state index in [0.717, 1.165) is 22.0 Å². The fraction of sp³-hybridized carbons (Fsp3) is 0.227. The molecule has 0 aliphatic heterocycles. The number of fused-ring (bicyclic) bond motifs is 1. The molecule has 0 spiro atoms. The minimum absolute atomic E-state index is 0.0586. The minimum Gasteiger partial charge on any atom is -0.352 e. The van der Waals surface area contributed by atoms with Crippen LogP contribution in [0.5, 0.6) is 0 Å². The van der Waals surface area contributed by atoms with E-state index in [4.69, 9.17) is 0 Å². The molecule has 3 aromatic rings. The van der Waals surface area contributed by atoms with Crippen molar-refractivity contribution >= 4 is 28.5 Å². The highest BCUT2D eigenvalue weighted by molar-refractivity contribution is 5.89. The monoisotopic (exact) mass is 376 g/mol. The number of benzene rings is 2. The average Bonchev–Trinajstić information content (AvgIpc) is 2.67. The number of urea groups is 1. The molecule has 0 atom stereocenters. The van der Waals surface area contributed by atoms with E-state index in [0.29, 0.717) is 12.2 Å². The highest BCUT2D eigenvalue weighted by Crippen LogP contribution is 2.16. The lowest BCUT2D eigenvalue weighted by atomic mass is 10.1. The molecule has 1 aromatic heterocycles. The first-order valence-corrected chi connectivity index (χ1v) is 9.27. The van der Waals surface area contributed by atoms with E-state index in [-0.39, 0.29) is 24.4 Å². The largest absolute Gasteiger partial charge is 0.352 e. The van der Waals surface area contributed by atoms with E-state index in [1.54, 1.807) is 6.20 Å². The van der Waals surface area contributed by atoms with Gasteiger partial charge in [-0.1, -0.05) is 36.4 Å². The van der Waals surface area contributed by atoms with Crippen LogP contribution in [0.3, 0.4) is 0 Å². The Balaban J connectivity index is 1.54. The zero-order valence-electron chi connectivity index (χ0n) is 16.0. The third-order valence-corrected chi connectivity index (χ3v) is 4.19. The molecule has 6 heteroatoms. The number of pyridine rings is 1. The van der Waals surface area contributed by atoms with Gasteiger partial charge in [0, 0.05) is 29.9 Å². The van der Waals surface area contributed by atoms with Crippen LogP contribution in [0, 0.1) is 0 Å². The van der Waals surface area contributed by atoms with Crippen molar-refractivity contribution in [2.24, 2.45) is 0 Å². The van der Waals surface area contributed by atoms with Gasteiger partial charge in [-0.15, -0.1) is 0 Å². The van der Waals surface area contributed by atoms with E-state index in [2.05, 4.69) is 20.9 Å². The predicted molar refractivity (Wildman–Crippen MR) is 111 cm³/mol. The van der Waals surface area contributed by atoms with E-state index in [9.17, 15) is 9.59 Å². The first kappa shape index (κ1) is 19.4. The van der Waals surface area contributed by atoms with Crippen LogP contribution in [-0.4, -0.2) is 23.0 Å².